The molecule has 6 nitrogen and oxygen atoms in total. The molecule has 2 aliphatic rings. The first-order chi connectivity index (χ1) is 18.5. The number of benzene rings is 2. The van der Waals surface area contributed by atoms with Gasteiger partial charge >= 0.3 is 0 Å². The topological polar surface area (TPSA) is 68.2 Å². The molecule has 2 atom stereocenters. The minimum atomic E-state index is -0.499. The van der Waals surface area contributed by atoms with Crippen molar-refractivity contribution in [1.82, 2.24) is 15.0 Å². The number of pyridine rings is 1. The maximum atomic E-state index is 14.7. The number of ether oxygens (including phenoxy) is 1. The highest BCUT2D eigenvalue weighted by Crippen LogP contribution is 2.42. The number of carbonyl (C=O) groups is 1. The molecule has 6 rings (SSSR count). The van der Waals surface area contributed by atoms with Crippen LogP contribution in [0.3, 0.4) is 0 Å². The number of hydrogen-bond acceptors (Lipinski definition) is 6. The van der Waals surface area contributed by atoms with Gasteiger partial charge in [0.1, 0.15) is 17.3 Å². The van der Waals surface area contributed by atoms with Gasteiger partial charge in [-0.25, -0.2) is 14.4 Å². The van der Waals surface area contributed by atoms with E-state index in [0.29, 0.717) is 17.7 Å². The number of Topliss-reactive ketones (excluding diaryl/α,β-unsaturated/α-hetero) is 1. The number of piperidine rings is 1. The number of aryl methyl sites for hydroxylation is 1. The van der Waals surface area contributed by atoms with Crippen LogP contribution in [0.25, 0.3) is 22.5 Å². The Bertz CT molecular complexity index is 1520. The molecule has 2 aromatic carbocycles. The predicted octanol–water partition coefficient (Wildman–Crippen LogP) is 6.08. The average Bonchev–Trinajstić information content (AvgIpc) is 3.58. The van der Waals surface area contributed by atoms with Crippen LogP contribution in [0.2, 0.25) is 0 Å². The van der Waals surface area contributed by atoms with Gasteiger partial charge in [0.15, 0.2) is 11.6 Å². The molecule has 0 unspecified atom stereocenters. The summed E-state index contributed by atoms with van der Waals surface area (Å²) >= 11 is 0. The molecular formula is C31H29FN4O2. The molecule has 192 valence electrons. The van der Waals surface area contributed by atoms with E-state index in [1.54, 1.807) is 24.4 Å². The molecule has 4 aromatic rings. The summed E-state index contributed by atoms with van der Waals surface area (Å²) in [7, 11) is 1.47. The second-order valence-corrected chi connectivity index (χ2v) is 10.1. The molecule has 1 saturated heterocycles. The van der Waals surface area contributed by atoms with Crippen molar-refractivity contribution in [3.63, 3.8) is 0 Å². The predicted molar refractivity (Wildman–Crippen MR) is 145 cm³/mol. The van der Waals surface area contributed by atoms with Gasteiger partial charge in [-0.05, 0) is 73.6 Å². The van der Waals surface area contributed by atoms with E-state index in [9.17, 15) is 9.18 Å². The van der Waals surface area contributed by atoms with Gasteiger partial charge in [0, 0.05) is 48.3 Å². The third-order valence-corrected chi connectivity index (χ3v) is 7.83. The fraction of sp³-hybridized carbons (Fsp3) is 0.290. The first-order valence-electron chi connectivity index (χ1n) is 13.0. The standard InChI is InChI=1S/C31H29FN4O2/c1-19-24(5-4-13-33-19)21-9-10-22(27(16-21)36-18-20-8-11-23(36)15-20)17-28(37)26-12-14-34-31(35-26)30-25(32)6-3-7-29(30)38-2/h3-7,9-10,12-14,16,20,23H,8,11,15,17-18H2,1-2H3/t20-,23+/m0/s1. The number of fused-ring (bicyclic) bond motifs is 2. The Morgan fingerprint density at radius 3 is 2.74 bits per heavy atom. The SMILES string of the molecule is COc1cccc(F)c1-c1nccc(C(=O)Cc2ccc(-c3cccnc3C)cc2N2C[C@H]3CC[C@@H]2C3)n1. The normalized spacial score (nSPS) is 18.1. The number of carbonyl (C=O) groups excluding carboxylic acids is 1. The lowest BCUT2D eigenvalue weighted by Gasteiger charge is -2.31. The lowest BCUT2D eigenvalue weighted by molar-refractivity contribution is 0.0988. The van der Waals surface area contributed by atoms with Crippen molar-refractivity contribution in [2.45, 2.75) is 38.6 Å². The second-order valence-electron chi connectivity index (χ2n) is 10.1. The van der Waals surface area contributed by atoms with Gasteiger partial charge in [0.25, 0.3) is 0 Å². The minimum absolute atomic E-state index is 0.130. The van der Waals surface area contributed by atoms with Crippen molar-refractivity contribution < 1.29 is 13.9 Å². The van der Waals surface area contributed by atoms with Crippen LogP contribution < -0.4 is 9.64 Å². The zero-order valence-electron chi connectivity index (χ0n) is 21.5. The number of nitrogens with zero attached hydrogens (tertiary/aromatic N) is 4. The second kappa shape index (κ2) is 9.97. The van der Waals surface area contributed by atoms with Crippen LogP contribution in [0.15, 0.2) is 67.0 Å². The van der Waals surface area contributed by atoms with Crippen molar-refractivity contribution in [2.24, 2.45) is 5.92 Å². The van der Waals surface area contributed by atoms with E-state index >= 15 is 0 Å². The Kier molecular flexibility index (Phi) is 6.35. The first-order valence-corrected chi connectivity index (χ1v) is 13.0. The maximum absolute atomic E-state index is 14.7. The van der Waals surface area contributed by atoms with Crippen molar-refractivity contribution in [3.05, 3.63) is 89.8 Å². The lowest BCUT2D eigenvalue weighted by atomic mass is 9.96. The fourth-order valence-corrected chi connectivity index (χ4v) is 5.95. The van der Waals surface area contributed by atoms with E-state index in [1.807, 2.05) is 13.0 Å². The van der Waals surface area contributed by atoms with Crippen molar-refractivity contribution in [1.29, 1.82) is 0 Å². The number of methoxy groups -OCH3 is 1. The van der Waals surface area contributed by atoms with Crippen molar-refractivity contribution in [3.8, 4) is 28.3 Å². The monoisotopic (exact) mass is 508 g/mol. The number of halogens is 1. The molecule has 1 aliphatic heterocycles. The summed E-state index contributed by atoms with van der Waals surface area (Å²) in [6, 6.07) is 17.0. The Labute approximate surface area is 221 Å². The van der Waals surface area contributed by atoms with E-state index in [1.165, 1.54) is 38.6 Å². The third kappa shape index (κ3) is 4.42. The average molecular weight is 509 g/mol. The van der Waals surface area contributed by atoms with E-state index in [0.717, 1.165) is 34.6 Å². The molecule has 2 aromatic heterocycles. The van der Waals surface area contributed by atoms with Crippen LogP contribution in [0.5, 0.6) is 5.75 Å². The molecule has 2 bridgehead atoms. The molecule has 3 heterocycles. The molecule has 1 aliphatic carbocycles. The zero-order chi connectivity index (χ0) is 26.2. The summed E-state index contributed by atoms with van der Waals surface area (Å²) in [5.41, 5.74) is 5.64. The highest BCUT2D eigenvalue weighted by Gasteiger charge is 2.38. The highest BCUT2D eigenvalue weighted by atomic mass is 19.1. The van der Waals surface area contributed by atoms with Crippen LogP contribution in [-0.2, 0) is 6.42 Å². The summed E-state index contributed by atoms with van der Waals surface area (Å²) in [6.45, 7) is 3.04. The van der Waals surface area contributed by atoms with Gasteiger partial charge in [-0.3, -0.25) is 9.78 Å². The first kappa shape index (κ1) is 24.2. The Balaban J connectivity index is 1.35. The van der Waals surface area contributed by atoms with E-state index in [-0.39, 0.29) is 29.3 Å². The molecule has 0 radical (unpaired) electrons. The largest absolute Gasteiger partial charge is 0.496 e. The molecule has 1 saturated carbocycles. The van der Waals surface area contributed by atoms with Gasteiger partial charge in [-0.1, -0.05) is 24.3 Å². The minimum Gasteiger partial charge on any atom is -0.496 e. The Morgan fingerprint density at radius 2 is 1.97 bits per heavy atom. The van der Waals surface area contributed by atoms with Crippen molar-refractivity contribution in [2.75, 3.05) is 18.6 Å². The maximum Gasteiger partial charge on any atom is 0.185 e. The van der Waals surface area contributed by atoms with E-state index < -0.39 is 5.82 Å². The van der Waals surface area contributed by atoms with Crippen LogP contribution >= 0.6 is 0 Å². The van der Waals surface area contributed by atoms with Gasteiger partial charge in [-0.15, -0.1) is 0 Å². The smallest absolute Gasteiger partial charge is 0.185 e. The van der Waals surface area contributed by atoms with Crippen LogP contribution in [0.1, 0.15) is 41.0 Å². The molecule has 0 amide bonds. The van der Waals surface area contributed by atoms with Gasteiger partial charge in [-0.2, -0.15) is 0 Å². The molecule has 2 fully saturated rings. The summed E-state index contributed by atoms with van der Waals surface area (Å²) in [4.78, 5) is 29.2. The lowest BCUT2D eigenvalue weighted by Crippen LogP contribution is -2.32. The molecule has 7 heteroatoms. The summed E-state index contributed by atoms with van der Waals surface area (Å²) in [5.74, 6) is 0.529. The van der Waals surface area contributed by atoms with Crippen LogP contribution in [0.4, 0.5) is 10.1 Å². The van der Waals surface area contributed by atoms with Gasteiger partial charge in [0.2, 0.25) is 0 Å². The van der Waals surface area contributed by atoms with Crippen molar-refractivity contribution >= 4 is 11.5 Å². The summed E-state index contributed by atoms with van der Waals surface area (Å²) in [6.07, 6.45) is 7.17. The van der Waals surface area contributed by atoms with E-state index in [2.05, 4.69) is 44.1 Å². The molecule has 38 heavy (non-hydrogen) atoms. The van der Waals surface area contributed by atoms with Crippen LogP contribution in [-0.4, -0.2) is 40.4 Å². The Hall–Kier alpha value is -4.13. The van der Waals surface area contributed by atoms with Gasteiger partial charge < -0.3 is 9.64 Å². The quantitative estimate of drug-likeness (QED) is 0.282. The number of anilines is 1. The third-order valence-electron chi connectivity index (χ3n) is 7.83. The number of hydrogen-bond donors (Lipinski definition) is 0. The highest BCUT2D eigenvalue weighted by molar-refractivity contribution is 5.97. The molecule has 0 spiro atoms. The zero-order valence-corrected chi connectivity index (χ0v) is 21.5. The number of aromatic nitrogens is 3. The summed E-state index contributed by atoms with van der Waals surface area (Å²) in [5, 5.41) is 0. The van der Waals surface area contributed by atoms with E-state index in [4.69, 9.17) is 4.74 Å². The number of ketones is 1. The molecular weight excluding hydrogens is 479 g/mol. The van der Waals surface area contributed by atoms with Crippen LogP contribution in [0, 0.1) is 18.7 Å². The number of rotatable bonds is 7. The Morgan fingerprint density at radius 1 is 1.08 bits per heavy atom. The summed E-state index contributed by atoms with van der Waals surface area (Å²) < 4.78 is 20.0. The molecule has 0 N–H and O–H groups in total. The van der Waals surface area contributed by atoms with Gasteiger partial charge in [0.05, 0.1) is 12.7 Å². The fourth-order valence-electron chi connectivity index (χ4n) is 5.95.